The molecule has 5 heteroatoms. The first kappa shape index (κ1) is 14.5. The molecule has 2 N–H and O–H groups in total. The minimum Gasteiger partial charge on any atom is -0.480 e. The van der Waals surface area contributed by atoms with Gasteiger partial charge in [-0.2, -0.15) is 0 Å². The molecule has 1 saturated heterocycles. The Bertz CT molecular complexity index is 341. The van der Waals surface area contributed by atoms with Gasteiger partial charge in [0.05, 0.1) is 0 Å². The number of hydrogen-bond acceptors (Lipinski definition) is 2. The topological polar surface area (TPSA) is 69.6 Å². The highest BCUT2D eigenvalue weighted by atomic mass is 16.4. The fourth-order valence-electron chi connectivity index (χ4n) is 2.21. The van der Waals surface area contributed by atoms with Crippen molar-refractivity contribution < 1.29 is 14.7 Å². The summed E-state index contributed by atoms with van der Waals surface area (Å²) in [6, 6.07) is -1.01. The number of carboxylic acids is 1. The van der Waals surface area contributed by atoms with Crippen LogP contribution in [0.5, 0.6) is 0 Å². The molecule has 1 aliphatic heterocycles. The molecule has 5 nitrogen and oxygen atoms in total. The highest BCUT2D eigenvalue weighted by Crippen LogP contribution is 2.25. The SMILES string of the molecule is C=C(C)CNC(=O)N1CCC(CC)CC1C(=O)O. The maximum Gasteiger partial charge on any atom is 0.326 e. The fourth-order valence-corrected chi connectivity index (χ4v) is 2.21. The van der Waals surface area contributed by atoms with E-state index in [4.69, 9.17) is 0 Å². The number of amides is 2. The molecule has 0 spiro atoms. The van der Waals surface area contributed by atoms with Gasteiger partial charge in [-0.25, -0.2) is 9.59 Å². The van der Waals surface area contributed by atoms with Crippen molar-refractivity contribution in [2.75, 3.05) is 13.1 Å². The van der Waals surface area contributed by atoms with Gasteiger partial charge in [0.2, 0.25) is 0 Å². The highest BCUT2D eigenvalue weighted by Gasteiger charge is 2.35. The average molecular weight is 254 g/mol. The van der Waals surface area contributed by atoms with Gasteiger partial charge < -0.3 is 15.3 Å². The van der Waals surface area contributed by atoms with E-state index in [2.05, 4.69) is 18.8 Å². The molecule has 1 heterocycles. The second-order valence-corrected chi connectivity index (χ2v) is 4.96. The second kappa shape index (κ2) is 6.42. The third-order valence-corrected chi connectivity index (χ3v) is 3.38. The lowest BCUT2D eigenvalue weighted by atomic mass is 9.89. The zero-order valence-corrected chi connectivity index (χ0v) is 11.1. The number of urea groups is 1. The van der Waals surface area contributed by atoms with Crippen LogP contribution < -0.4 is 5.32 Å². The van der Waals surface area contributed by atoms with Crippen molar-refractivity contribution in [3.8, 4) is 0 Å². The molecule has 2 unspecified atom stereocenters. The summed E-state index contributed by atoms with van der Waals surface area (Å²) in [4.78, 5) is 24.6. The number of carbonyl (C=O) groups excluding carboxylic acids is 1. The zero-order chi connectivity index (χ0) is 13.7. The summed E-state index contributed by atoms with van der Waals surface area (Å²) in [5.74, 6) is -0.519. The molecular formula is C13H22N2O3. The maximum atomic E-state index is 11.9. The van der Waals surface area contributed by atoms with Crippen LogP contribution in [0.25, 0.3) is 0 Å². The summed E-state index contributed by atoms with van der Waals surface area (Å²) in [5.41, 5.74) is 0.846. The first-order valence-corrected chi connectivity index (χ1v) is 6.37. The average Bonchev–Trinajstić information content (AvgIpc) is 2.34. The fraction of sp³-hybridized carbons (Fsp3) is 0.692. The summed E-state index contributed by atoms with van der Waals surface area (Å²) < 4.78 is 0. The van der Waals surface area contributed by atoms with Crippen LogP contribution in [0.3, 0.4) is 0 Å². The van der Waals surface area contributed by atoms with Gasteiger partial charge >= 0.3 is 12.0 Å². The van der Waals surface area contributed by atoms with Crippen molar-refractivity contribution in [3.63, 3.8) is 0 Å². The van der Waals surface area contributed by atoms with E-state index >= 15 is 0 Å². The summed E-state index contributed by atoms with van der Waals surface area (Å²) in [6.45, 7) is 8.47. The van der Waals surface area contributed by atoms with Gasteiger partial charge in [0.15, 0.2) is 0 Å². The van der Waals surface area contributed by atoms with Crippen LogP contribution in [0.1, 0.15) is 33.1 Å². The number of rotatable bonds is 4. The van der Waals surface area contributed by atoms with Crippen molar-refractivity contribution in [2.24, 2.45) is 5.92 Å². The lowest BCUT2D eigenvalue weighted by molar-refractivity contribution is -0.144. The minimum atomic E-state index is -0.918. The van der Waals surface area contributed by atoms with Crippen LogP contribution in [0.15, 0.2) is 12.2 Å². The van der Waals surface area contributed by atoms with Crippen molar-refractivity contribution >= 4 is 12.0 Å². The van der Waals surface area contributed by atoms with Gasteiger partial charge in [0.1, 0.15) is 6.04 Å². The highest BCUT2D eigenvalue weighted by molar-refractivity contribution is 5.83. The van der Waals surface area contributed by atoms with Crippen LogP contribution in [0, 0.1) is 5.92 Å². The number of nitrogens with zero attached hydrogens (tertiary/aromatic N) is 1. The van der Waals surface area contributed by atoms with Gasteiger partial charge in [-0.15, -0.1) is 0 Å². The smallest absolute Gasteiger partial charge is 0.326 e. The third kappa shape index (κ3) is 3.75. The quantitative estimate of drug-likeness (QED) is 0.752. The van der Waals surface area contributed by atoms with Crippen LogP contribution >= 0.6 is 0 Å². The number of carbonyl (C=O) groups is 2. The van der Waals surface area contributed by atoms with Crippen LogP contribution in [-0.4, -0.2) is 41.1 Å². The van der Waals surface area contributed by atoms with Gasteiger partial charge in [-0.3, -0.25) is 0 Å². The lowest BCUT2D eigenvalue weighted by Crippen LogP contribution is -2.53. The maximum absolute atomic E-state index is 11.9. The van der Waals surface area contributed by atoms with Crippen LogP contribution in [-0.2, 0) is 4.79 Å². The number of aliphatic carboxylic acids is 1. The lowest BCUT2D eigenvalue weighted by Gasteiger charge is -2.36. The van der Waals surface area contributed by atoms with Crippen molar-refractivity contribution in [3.05, 3.63) is 12.2 Å². The molecule has 0 aromatic heterocycles. The van der Waals surface area contributed by atoms with E-state index in [9.17, 15) is 14.7 Å². The Kier molecular flexibility index (Phi) is 5.19. The third-order valence-electron chi connectivity index (χ3n) is 3.38. The Morgan fingerprint density at radius 3 is 2.67 bits per heavy atom. The molecule has 0 aromatic carbocycles. The first-order chi connectivity index (χ1) is 8.45. The molecule has 2 atom stereocenters. The molecular weight excluding hydrogens is 232 g/mol. The number of piperidine rings is 1. The van der Waals surface area contributed by atoms with Gasteiger partial charge in [0.25, 0.3) is 0 Å². The Hall–Kier alpha value is -1.52. The standard InChI is InChI=1S/C13H22N2O3/c1-4-10-5-6-15(11(7-10)12(16)17)13(18)14-8-9(2)3/h10-11H,2,4-8H2,1,3H3,(H,14,18)(H,16,17). The Morgan fingerprint density at radius 1 is 1.50 bits per heavy atom. The van der Waals surface area contributed by atoms with E-state index in [0.29, 0.717) is 25.4 Å². The van der Waals surface area contributed by atoms with E-state index in [0.717, 1.165) is 18.4 Å². The van der Waals surface area contributed by atoms with Gasteiger partial charge in [-0.1, -0.05) is 25.5 Å². The summed E-state index contributed by atoms with van der Waals surface area (Å²) in [5, 5.41) is 11.9. The van der Waals surface area contributed by atoms with E-state index < -0.39 is 12.0 Å². The van der Waals surface area contributed by atoms with E-state index in [1.807, 2.05) is 6.92 Å². The number of likely N-dealkylation sites (tertiary alicyclic amines) is 1. The minimum absolute atomic E-state index is 0.306. The molecule has 0 aliphatic carbocycles. The molecule has 0 aromatic rings. The van der Waals surface area contributed by atoms with E-state index in [1.54, 1.807) is 0 Å². The number of hydrogen-bond donors (Lipinski definition) is 2. The Morgan fingerprint density at radius 2 is 2.17 bits per heavy atom. The Balaban J connectivity index is 2.64. The van der Waals surface area contributed by atoms with Crippen LogP contribution in [0.2, 0.25) is 0 Å². The van der Waals surface area contributed by atoms with Gasteiger partial charge in [0, 0.05) is 13.1 Å². The first-order valence-electron chi connectivity index (χ1n) is 6.37. The summed E-state index contributed by atoms with van der Waals surface area (Å²) in [6.07, 6.45) is 2.39. The molecule has 102 valence electrons. The predicted molar refractivity (Wildman–Crippen MR) is 69.4 cm³/mol. The second-order valence-electron chi connectivity index (χ2n) is 4.96. The molecule has 18 heavy (non-hydrogen) atoms. The summed E-state index contributed by atoms with van der Waals surface area (Å²) in [7, 11) is 0. The number of nitrogens with one attached hydrogen (secondary N) is 1. The zero-order valence-electron chi connectivity index (χ0n) is 11.1. The van der Waals surface area contributed by atoms with Crippen LogP contribution in [0.4, 0.5) is 4.79 Å². The normalized spacial score (nSPS) is 23.6. The van der Waals surface area contributed by atoms with E-state index in [-0.39, 0.29) is 6.03 Å². The summed E-state index contributed by atoms with van der Waals surface area (Å²) >= 11 is 0. The largest absolute Gasteiger partial charge is 0.480 e. The monoisotopic (exact) mass is 254 g/mol. The Labute approximate surface area is 108 Å². The van der Waals surface area contributed by atoms with E-state index in [1.165, 1.54) is 4.90 Å². The predicted octanol–water partition coefficient (Wildman–Crippen LogP) is 1.85. The van der Waals surface area contributed by atoms with Crippen molar-refractivity contribution in [1.29, 1.82) is 0 Å². The molecule has 1 aliphatic rings. The molecule has 1 fully saturated rings. The molecule has 0 bridgehead atoms. The van der Waals surface area contributed by atoms with Crippen molar-refractivity contribution in [2.45, 2.75) is 39.2 Å². The molecule has 2 amide bonds. The number of carboxylic acid groups (broad SMARTS) is 1. The van der Waals surface area contributed by atoms with Crippen molar-refractivity contribution in [1.82, 2.24) is 10.2 Å². The van der Waals surface area contributed by atoms with Gasteiger partial charge in [-0.05, 0) is 25.7 Å². The molecule has 1 rings (SSSR count). The molecule has 0 saturated carbocycles. The molecule has 0 radical (unpaired) electrons.